The van der Waals surface area contributed by atoms with Crippen LogP contribution in [0.4, 0.5) is 0 Å². The fourth-order valence-electron chi connectivity index (χ4n) is 6.87. The van der Waals surface area contributed by atoms with Crippen molar-refractivity contribution in [3.8, 4) is 11.5 Å². The molecule has 6 atom stereocenters. The standard InChI is InChI=1S/C20H36O3.C14H22O.C10H14O.6CH4/c1-9-19(7,16(21)23-17(2,3)4)13-22-15-12-14-10-11-20(15,8)18(14,5)6;1-6-11(2)12-7-9-13(10-8-12)15-14(3,4)5;1-3-8(2)9-4-6-10(11)7-5-9;;;;;;/h14-15H,9-13H2,1-8H3;7-11H,6H2,1-5H3;4-8,11H,3H2,1-2H3;6*1H4. The van der Waals surface area contributed by atoms with Crippen LogP contribution in [-0.2, 0) is 14.3 Å². The number of esters is 1. The molecule has 1 N–H and O–H groups in total. The van der Waals surface area contributed by atoms with Crippen LogP contribution < -0.4 is 4.74 Å². The number of fused-ring (bicyclic) bond motifs is 2. The fourth-order valence-corrected chi connectivity index (χ4v) is 6.87. The van der Waals surface area contributed by atoms with Crippen LogP contribution in [0.5, 0.6) is 11.5 Å². The number of phenolic OH excluding ortho intramolecular Hbond substituents is 1. The molecule has 0 aliphatic heterocycles. The summed E-state index contributed by atoms with van der Waals surface area (Å²) in [6.07, 6.45) is 7.02. The van der Waals surface area contributed by atoms with Gasteiger partial charge in [-0.05, 0) is 151 Å². The first-order chi connectivity index (χ1) is 22.5. The van der Waals surface area contributed by atoms with E-state index in [1.807, 2.05) is 46.8 Å². The van der Waals surface area contributed by atoms with Crippen LogP contribution in [0.2, 0.25) is 0 Å². The minimum atomic E-state index is -0.560. The molecule has 2 aliphatic carbocycles. The average Bonchev–Trinajstić information content (AvgIpc) is 3.36. The number of aromatic hydroxyl groups is 1. The van der Waals surface area contributed by atoms with Crippen LogP contribution in [0.3, 0.4) is 0 Å². The lowest BCUT2D eigenvalue weighted by molar-refractivity contribution is -0.174. The molecular weight excluding hydrogens is 681 g/mol. The molecule has 2 aromatic rings. The molecule has 0 spiro atoms. The van der Waals surface area contributed by atoms with Crippen LogP contribution in [0, 0.1) is 22.2 Å². The fraction of sp³-hybridized carbons (Fsp3) is 0.740. The highest BCUT2D eigenvalue weighted by Gasteiger charge is 2.62. The predicted octanol–water partition coefficient (Wildman–Crippen LogP) is 16.1. The quantitative estimate of drug-likeness (QED) is 0.243. The maximum atomic E-state index is 12.6. The summed E-state index contributed by atoms with van der Waals surface area (Å²) >= 11 is 0. The molecule has 0 saturated heterocycles. The minimum absolute atomic E-state index is 0. The molecule has 55 heavy (non-hydrogen) atoms. The number of carbonyl (C=O) groups is 1. The predicted molar refractivity (Wildman–Crippen MR) is 246 cm³/mol. The number of ether oxygens (including phenoxy) is 3. The molecule has 4 rings (SSSR count). The summed E-state index contributed by atoms with van der Waals surface area (Å²) in [6.45, 7) is 32.4. The first-order valence-electron chi connectivity index (χ1n) is 18.9. The van der Waals surface area contributed by atoms with E-state index in [0.717, 1.165) is 30.9 Å². The van der Waals surface area contributed by atoms with E-state index in [1.165, 1.54) is 30.4 Å². The largest absolute Gasteiger partial charge is 0.508 e. The van der Waals surface area contributed by atoms with E-state index in [0.29, 0.717) is 29.6 Å². The van der Waals surface area contributed by atoms with Gasteiger partial charge in [-0.15, -0.1) is 0 Å². The number of phenols is 1. The maximum Gasteiger partial charge on any atom is 0.314 e. The van der Waals surface area contributed by atoms with E-state index in [4.69, 9.17) is 19.3 Å². The third-order valence-electron chi connectivity index (χ3n) is 11.5. The molecule has 2 fully saturated rings. The molecule has 2 saturated carbocycles. The van der Waals surface area contributed by atoms with Crippen molar-refractivity contribution in [2.75, 3.05) is 6.61 Å². The van der Waals surface area contributed by atoms with Gasteiger partial charge in [-0.25, -0.2) is 0 Å². The summed E-state index contributed by atoms with van der Waals surface area (Å²) in [4.78, 5) is 12.6. The van der Waals surface area contributed by atoms with Crippen molar-refractivity contribution in [3.05, 3.63) is 59.7 Å². The van der Waals surface area contributed by atoms with E-state index in [9.17, 15) is 4.79 Å². The third kappa shape index (κ3) is 17.2. The van der Waals surface area contributed by atoms with Crippen LogP contribution in [0.25, 0.3) is 0 Å². The Bertz CT molecular complexity index is 1280. The molecule has 326 valence electrons. The van der Waals surface area contributed by atoms with Gasteiger partial charge >= 0.3 is 5.97 Å². The first-order valence-corrected chi connectivity index (χ1v) is 18.9. The van der Waals surface area contributed by atoms with Crippen molar-refractivity contribution in [1.82, 2.24) is 0 Å². The highest BCUT2D eigenvalue weighted by atomic mass is 16.6. The van der Waals surface area contributed by atoms with Crippen molar-refractivity contribution >= 4 is 5.97 Å². The zero-order valence-electron chi connectivity index (χ0n) is 34.0. The molecule has 5 heteroatoms. The molecular formula is C50H96O5. The molecule has 6 unspecified atom stereocenters. The van der Waals surface area contributed by atoms with Gasteiger partial charge in [-0.2, -0.15) is 0 Å². The van der Waals surface area contributed by atoms with Gasteiger partial charge in [0.05, 0.1) is 18.1 Å². The molecule has 0 amide bonds. The zero-order chi connectivity index (χ0) is 37.4. The number of rotatable bonds is 10. The molecule has 2 aliphatic rings. The lowest BCUT2D eigenvalue weighted by Crippen LogP contribution is -2.42. The number of benzene rings is 2. The molecule has 0 heterocycles. The second-order valence-corrected chi connectivity index (χ2v) is 17.8. The van der Waals surface area contributed by atoms with Crippen LogP contribution in [0.1, 0.15) is 210 Å². The Balaban J connectivity index is -0.000000229. The normalized spacial score (nSPS) is 21.0. The van der Waals surface area contributed by atoms with Crippen LogP contribution >= 0.6 is 0 Å². The van der Waals surface area contributed by atoms with Crippen LogP contribution in [-0.4, -0.2) is 35.0 Å². The van der Waals surface area contributed by atoms with E-state index >= 15 is 0 Å². The van der Waals surface area contributed by atoms with E-state index in [2.05, 4.69) is 93.5 Å². The van der Waals surface area contributed by atoms with Crippen molar-refractivity contribution in [3.63, 3.8) is 0 Å². The van der Waals surface area contributed by atoms with Crippen molar-refractivity contribution in [2.45, 2.75) is 216 Å². The Morgan fingerprint density at radius 1 is 0.745 bits per heavy atom. The monoisotopic (exact) mass is 777 g/mol. The summed E-state index contributed by atoms with van der Waals surface area (Å²) in [6, 6.07) is 15.9. The summed E-state index contributed by atoms with van der Waals surface area (Å²) in [5.41, 5.74) is 2.14. The molecule has 5 nitrogen and oxygen atoms in total. The summed E-state index contributed by atoms with van der Waals surface area (Å²) < 4.78 is 17.8. The van der Waals surface area contributed by atoms with Gasteiger partial charge in [0.2, 0.25) is 0 Å². The Morgan fingerprint density at radius 2 is 1.18 bits per heavy atom. The van der Waals surface area contributed by atoms with Gasteiger partial charge in [0.25, 0.3) is 0 Å². The Hall–Kier alpha value is -2.53. The van der Waals surface area contributed by atoms with Gasteiger partial charge in [0.15, 0.2) is 0 Å². The zero-order valence-corrected chi connectivity index (χ0v) is 34.0. The molecule has 2 bridgehead atoms. The molecule has 2 aromatic carbocycles. The maximum absolute atomic E-state index is 12.6. The highest BCUT2D eigenvalue weighted by Crippen LogP contribution is 2.66. The first kappa shape index (κ1) is 61.7. The third-order valence-corrected chi connectivity index (χ3v) is 11.5. The average molecular weight is 777 g/mol. The molecule has 0 radical (unpaired) electrons. The van der Waals surface area contributed by atoms with Gasteiger partial charge in [0.1, 0.15) is 22.7 Å². The summed E-state index contributed by atoms with van der Waals surface area (Å²) in [5.74, 6) is 3.14. The summed E-state index contributed by atoms with van der Waals surface area (Å²) in [7, 11) is 0. The van der Waals surface area contributed by atoms with E-state index in [1.54, 1.807) is 12.1 Å². The van der Waals surface area contributed by atoms with E-state index in [-0.39, 0.29) is 67.6 Å². The number of carbonyl (C=O) groups excluding carboxylic acids is 1. The van der Waals surface area contributed by atoms with Crippen molar-refractivity contribution < 1.29 is 24.1 Å². The summed E-state index contributed by atoms with van der Waals surface area (Å²) in [5, 5.41) is 9.01. The van der Waals surface area contributed by atoms with Crippen LogP contribution in [0.15, 0.2) is 48.5 Å². The SMILES string of the molecule is C.C.C.C.C.C.CCC(C)(COC1CC2CCC1(C)C2(C)C)C(=O)OC(C)(C)C.CCC(C)c1ccc(O)cc1.CCC(C)c1ccc(OC(C)(C)C)cc1. The lowest BCUT2D eigenvalue weighted by atomic mass is 9.70. The smallest absolute Gasteiger partial charge is 0.314 e. The second kappa shape index (κ2) is 25.0. The van der Waals surface area contributed by atoms with Gasteiger partial charge in [-0.3, -0.25) is 4.79 Å². The topological polar surface area (TPSA) is 65.0 Å². The van der Waals surface area contributed by atoms with Crippen molar-refractivity contribution in [2.24, 2.45) is 22.2 Å². The lowest BCUT2D eigenvalue weighted by Gasteiger charge is -2.40. The van der Waals surface area contributed by atoms with Gasteiger partial charge < -0.3 is 19.3 Å². The van der Waals surface area contributed by atoms with Crippen molar-refractivity contribution in [1.29, 1.82) is 0 Å². The highest BCUT2D eigenvalue weighted by molar-refractivity contribution is 5.76. The molecule has 0 aromatic heterocycles. The Morgan fingerprint density at radius 3 is 1.51 bits per heavy atom. The van der Waals surface area contributed by atoms with E-state index < -0.39 is 11.0 Å². The number of hydrogen-bond acceptors (Lipinski definition) is 5. The minimum Gasteiger partial charge on any atom is -0.508 e. The number of hydrogen-bond donors (Lipinski definition) is 1. The Kier molecular flexibility index (Phi) is 28.0. The van der Waals surface area contributed by atoms with Gasteiger partial charge in [0, 0.05) is 0 Å². The Labute approximate surface area is 345 Å². The second-order valence-electron chi connectivity index (χ2n) is 17.8. The van der Waals surface area contributed by atoms with Gasteiger partial charge in [-0.1, -0.05) is 124 Å².